The van der Waals surface area contributed by atoms with Crippen molar-refractivity contribution in [2.75, 3.05) is 0 Å². The third-order valence-corrected chi connectivity index (χ3v) is 5.21. The van der Waals surface area contributed by atoms with Gasteiger partial charge in [-0.3, -0.25) is 4.40 Å². The molecule has 0 bridgehead atoms. The Bertz CT molecular complexity index is 1430. The minimum atomic E-state index is -0.841. The summed E-state index contributed by atoms with van der Waals surface area (Å²) in [6.07, 6.45) is 3.26. The summed E-state index contributed by atoms with van der Waals surface area (Å²) < 4.78 is 35.7. The average molecular weight is 433 g/mol. The number of aromatic hydroxyl groups is 2. The Hall–Kier alpha value is -4.20. The fraction of sp³-hybridized carbons (Fsp3) is 0.0833. The Morgan fingerprint density at radius 1 is 0.875 bits per heavy atom. The van der Waals surface area contributed by atoms with Gasteiger partial charge < -0.3 is 14.6 Å². The van der Waals surface area contributed by atoms with Gasteiger partial charge in [0.2, 0.25) is 5.88 Å². The Morgan fingerprint density at radius 3 is 2.50 bits per heavy atom. The van der Waals surface area contributed by atoms with Crippen LogP contribution in [0.25, 0.3) is 16.9 Å². The van der Waals surface area contributed by atoms with Gasteiger partial charge >= 0.3 is 0 Å². The molecule has 0 saturated heterocycles. The molecule has 2 N–H and O–H groups in total. The van der Waals surface area contributed by atoms with E-state index >= 15 is 0 Å². The standard InChI is InChI=1S/C24H17F2N3O3/c25-17-8-2-1-5-14(17)11-18-23-28-19(12-15-6-4-10-32-15)24(31)29(23)13-20(27-18)16-7-3-9-21(30)22(16)26/h1-10,13,30-31H,11-12H2. The summed E-state index contributed by atoms with van der Waals surface area (Å²) in [4.78, 5) is 9.04. The van der Waals surface area contributed by atoms with Crippen molar-refractivity contribution in [2.45, 2.75) is 12.8 Å². The number of imidazole rings is 1. The number of phenolic OH excluding ortho intramolecular Hbond substituents is 1. The summed E-state index contributed by atoms with van der Waals surface area (Å²) in [5, 5.41) is 20.6. The second-order valence-corrected chi connectivity index (χ2v) is 7.31. The van der Waals surface area contributed by atoms with Gasteiger partial charge in [0, 0.05) is 18.2 Å². The minimum absolute atomic E-state index is 0.0439. The monoisotopic (exact) mass is 433 g/mol. The van der Waals surface area contributed by atoms with E-state index in [2.05, 4.69) is 9.97 Å². The van der Waals surface area contributed by atoms with Gasteiger partial charge in [-0.1, -0.05) is 24.3 Å². The molecule has 0 amide bonds. The van der Waals surface area contributed by atoms with E-state index in [9.17, 15) is 19.0 Å². The van der Waals surface area contributed by atoms with Crippen LogP contribution < -0.4 is 0 Å². The zero-order valence-electron chi connectivity index (χ0n) is 16.7. The van der Waals surface area contributed by atoms with Gasteiger partial charge in [0.1, 0.15) is 17.3 Å². The second kappa shape index (κ2) is 7.81. The fourth-order valence-corrected chi connectivity index (χ4v) is 3.63. The van der Waals surface area contributed by atoms with Crippen molar-refractivity contribution in [1.82, 2.24) is 14.4 Å². The summed E-state index contributed by atoms with van der Waals surface area (Å²) in [7, 11) is 0. The highest BCUT2D eigenvalue weighted by Crippen LogP contribution is 2.31. The van der Waals surface area contributed by atoms with Gasteiger partial charge in [-0.15, -0.1) is 0 Å². The minimum Gasteiger partial charge on any atom is -0.505 e. The molecule has 3 aromatic heterocycles. The number of nitrogens with zero attached hydrogens (tertiary/aromatic N) is 3. The second-order valence-electron chi connectivity index (χ2n) is 7.31. The highest BCUT2D eigenvalue weighted by atomic mass is 19.1. The number of benzene rings is 2. The molecule has 0 aliphatic heterocycles. The van der Waals surface area contributed by atoms with E-state index in [1.165, 1.54) is 41.1 Å². The number of fused-ring (bicyclic) bond motifs is 1. The van der Waals surface area contributed by atoms with Gasteiger partial charge in [-0.25, -0.2) is 18.7 Å². The lowest BCUT2D eigenvalue weighted by Crippen LogP contribution is -2.03. The van der Waals surface area contributed by atoms with Crippen molar-refractivity contribution >= 4 is 5.65 Å². The van der Waals surface area contributed by atoms with Crippen LogP contribution in [0.2, 0.25) is 0 Å². The van der Waals surface area contributed by atoms with Gasteiger partial charge in [0.25, 0.3) is 0 Å². The van der Waals surface area contributed by atoms with Gasteiger partial charge in [-0.05, 0) is 35.9 Å². The molecule has 8 heteroatoms. The molecule has 0 atom stereocenters. The molecule has 5 aromatic rings. The lowest BCUT2D eigenvalue weighted by atomic mass is 10.1. The van der Waals surface area contributed by atoms with E-state index in [0.29, 0.717) is 28.4 Å². The van der Waals surface area contributed by atoms with Crippen LogP contribution in [0.15, 0.2) is 71.5 Å². The predicted molar refractivity (Wildman–Crippen MR) is 112 cm³/mol. The Balaban J connectivity index is 1.71. The van der Waals surface area contributed by atoms with Crippen LogP contribution in [0.3, 0.4) is 0 Å². The molecule has 6 nitrogen and oxygen atoms in total. The van der Waals surface area contributed by atoms with Crippen LogP contribution in [-0.4, -0.2) is 24.6 Å². The molecule has 2 aromatic carbocycles. The summed E-state index contributed by atoms with van der Waals surface area (Å²) in [5.74, 6) is -1.32. The molecule has 0 fully saturated rings. The highest BCUT2D eigenvalue weighted by molar-refractivity contribution is 5.65. The molecular weight excluding hydrogens is 416 g/mol. The fourth-order valence-electron chi connectivity index (χ4n) is 3.63. The van der Waals surface area contributed by atoms with Gasteiger partial charge in [0.05, 0.1) is 24.1 Å². The number of phenols is 1. The number of rotatable bonds is 5. The predicted octanol–water partition coefficient (Wildman–Crippen LogP) is 4.86. The maximum absolute atomic E-state index is 14.6. The first kappa shape index (κ1) is 19.7. The van der Waals surface area contributed by atoms with Crippen LogP contribution >= 0.6 is 0 Å². The molecule has 0 radical (unpaired) electrons. The number of aromatic nitrogens is 3. The zero-order chi connectivity index (χ0) is 22.2. The summed E-state index contributed by atoms with van der Waals surface area (Å²) in [6, 6.07) is 13.9. The van der Waals surface area contributed by atoms with Crippen molar-refractivity contribution in [1.29, 1.82) is 0 Å². The first-order valence-corrected chi connectivity index (χ1v) is 9.84. The third-order valence-electron chi connectivity index (χ3n) is 5.21. The molecule has 0 aliphatic rings. The van der Waals surface area contributed by atoms with Gasteiger partial charge in [0.15, 0.2) is 17.2 Å². The van der Waals surface area contributed by atoms with E-state index in [0.717, 1.165) is 0 Å². The van der Waals surface area contributed by atoms with E-state index in [-0.39, 0.29) is 30.0 Å². The lowest BCUT2D eigenvalue weighted by Gasteiger charge is -2.10. The Labute approximate surface area is 181 Å². The highest BCUT2D eigenvalue weighted by Gasteiger charge is 2.21. The van der Waals surface area contributed by atoms with Crippen molar-refractivity contribution in [3.05, 3.63) is 101 Å². The molecule has 0 aliphatic carbocycles. The van der Waals surface area contributed by atoms with Crippen LogP contribution in [0, 0.1) is 11.6 Å². The maximum Gasteiger partial charge on any atom is 0.219 e. The number of hydrogen-bond acceptors (Lipinski definition) is 5. The normalized spacial score (nSPS) is 11.3. The van der Waals surface area contributed by atoms with E-state index < -0.39 is 17.4 Å². The van der Waals surface area contributed by atoms with E-state index in [4.69, 9.17) is 4.42 Å². The molecule has 3 heterocycles. The third kappa shape index (κ3) is 3.45. The van der Waals surface area contributed by atoms with Crippen LogP contribution in [0.1, 0.15) is 22.7 Å². The number of halogens is 2. The molecule has 5 rings (SSSR count). The molecule has 160 valence electrons. The SMILES string of the molecule is Oc1cccc(-c2cn3c(O)c(Cc4ccco4)nc3c(Cc3ccccc3F)n2)c1F. The topological polar surface area (TPSA) is 83.8 Å². The molecule has 0 saturated carbocycles. The molecule has 32 heavy (non-hydrogen) atoms. The Morgan fingerprint density at radius 2 is 1.72 bits per heavy atom. The zero-order valence-corrected chi connectivity index (χ0v) is 16.7. The van der Waals surface area contributed by atoms with Crippen molar-refractivity contribution in [3.8, 4) is 22.9 Å². The molecular formula is C24H17F2N3O3. The summed E-state index contributed by atoms with van der Waals surface area (Å²) in [5.41, 5.74) is 1.58. The first-order chi connectivity index (χ1) is 15.5. The largest absolute Gasteiger partial charge is 0.505 e. The summed E-state index contributed by atoms with van der Waals surface area (Å²) in [6.45, 7) is 0. The number of hydrogen-bond donors (Lipinski definition) is 2. The maximum atomic E-state index is 14.6. The molecule has 0 unspecified atom stereocenters. The van der Waals surface area contributed by atoms with E-state index in [1.54, 1.807) is 30.3 Å². The van der Waals surface area contributed by atoms with Crippen LogP contribution in [-0.2, 0) is 12.8 Å². The first-order valence-electron chi connectivity index (χ1n) is 9.84. The van der Waals surface area contributed by atoms with Gasteiger partial charge in [-0.2, -0.15) is 0 Å². The smallest absolute Gasteiger partial charge is 0.219 e. The molecule has 0 spiro atoms. The average Bonchev–Trinajstić information content (AvgIpc) is 3.41. The van der Waals surface area contributed by atoms with Crippen LogP contribution in [0.5, 0.6) is 11.6 Å². The lowest BCUT2D eigenvalue weighted by molar-refractivity contribution is 0.433. The van der Waals surface area contributed by atoms with E-state index in [1.807, 2.05) is 0 Å². The van der Waals surface area contributed by atoms with Crippen molar-refractivity contribution < 1.29 is 23.4 Å². The number of furan rings is 1. The quantitative estimate of drug-likeness (QED) is 0.414. The summed E-state index contributed by atoms with van der Waals surface area (Å²) >= 11 is 0. The van der Waals surface area contributed by atoms with Crippen molar-refractivity contribution in [3.63, 3.8) is 0 Å². The van der Waals surface area contributed by atoms with Crippen LogP contribution in [0.4, 0.5) is 8.78 Å². The van der Waals surface area contributed by atoms with Crippen molar-refractivity contribution in [2.24, 2.45) is 0 Å². The Kier molecular flexibility index (Phi) is 4.82.